The number of rotatable bonds is 3. The second kappa shape index (κ2) is 6.42. The van der Waals surface area contributed by atoms with Crippen molar-refractivity contribution in [2.75, 3.05) is 25.5 Å². The fourth-order valence-electron chi connectivity index (χ4n) is 2.85. The van der Waals surface area contributed by atoms with Crippen molar-refractivity contribution < 1.29 is 9.53 Å². The molecule has 2 unspecified atom stereocenters. The Balaban J connectivity index is 1.75. The van der Waals surface area contributed by atoms with Crippen LogP contribution in [0, 0.1) is 0 Å². The molecule has 0 aromatic heterocycles. The van der Waals surface area contributed by atoms with Crippen molar-refractivity contribution in [3.8, 4) is 0 Å². The van der Waals surface area contributed by atoms with Gasteiger partial charge in [0.15, 0.2) is 0 Å². The Bertz CT molecular complexity index is 668. The van der Waals surface area contributed by atoms with Crippen molar-refractivity contribution in [2.45, 2.75) is 19.3 Å². The number of benzene rings is 2. The minimum atomic E-state index is -0.221. The summed E-state index contributed by atoms with van der Waals surface area (Å²) in [6.07, 6.45) is -0.280. The molecule has 2 aromatic carbocycles. The Labute approximate surface area is 137 Å². The number of anilines is 1. The monoisotopic (exact) mass is 310 g/mol. The first kappa shape index (κ1) is 15.6. The minimum absolute atomic E-state index is 0.0150. The summed E-state index contributed by atoms with van der Waals surface area (Å²) in [7, 11) is 3.97. The highest BCUT2D eigenvalue weighted by Gasteiger charge is 2.34. The molecule has 2 atom stereocenters. The molecule has 1 amide bonds. The molecule has 2 aromatic rings. The van der Waals surface area contributed by atoms with Gasteiger partial charge in [-0.05, 0) is 36.8 Å². The van der Waals surface area contributed by atoms with Gasteiger partial charge < -0.3 is 14.5 Å². The molecule has 4 heteroatoms. The van der Waals surface area contributed by atoms with Crippen LogP contribution in [-0.4, -0.2) is 37.7 Å². The lowest BCUT2D eigenvalue weighted by Crippen LogP contribution is -2.34. The van der Waals surface area contributed by atoms with Gasteiger partial charge in [0.05, 0.1) is 6.54 Å². The van der Waals surface area contributed by atoms with Crippen LogP contribution < -0.4 is 4.90 Å². The van der Waals surface area contributed by atoms with E-state index in [1.165, 1.54) is 0 Å². The maximum atomic E-state index is 12.7. The van der Waals surface area contributed by atoms with Crippen molar-refractivity contribution in [1.82, 2.24) is 4.90 Å². The number of hydrogen-bond acceptors (Lipinski definition) is 3. The number of hydrogen-bond donors (Lipinski definition) is 0. The molecule has 3 rings (SSSR count). The lowest BCUT2D eigenvalue weighted by molar-refractivity contribution is 0.0138. The quantitative estimate of drug-likeness (QED) is 0.872. The predicted octanol–water partition coefficient (Wildman–Crippen LogP) is 3.31. The van der Waals surface area contributed by atoms with Crippen molar-refractivity contribution in [3.05, 3.63) is 65.7 Å². The summed E-state index contributed by atoms with van der Waals surface area (Å²) in [5.41, 5.74) is 2.88. The van der Waals surface area contributed by atoms with Crippen molar-refractivity contribution in [1.29, 1.82) is 0 Å². The molecule has 1 saturated heterocycles. The molecule has 0 radical (unpaired) electrons. The van der Waals surface area contributed by atoms with Gasteiger partial charge in [0.25, 0.3) is 5.91 Å². The molecule has 1 fully saturated rings. The molecule has 1 heterocycles. The first-order valence-corrected chi connectivity index (χ1v) is 7.85. The largest absolute Gasteiger partial charge is 0.378 e. The van der Waals surface area contributed by atoms with Crippen molar-refractivity contribution >= 4 is 11.6 Å². The van der Waals surface area contributed by atoms with E-state index in [-0.39, 0.29) is 18.2 Å². The van der Waals surface area contributed by atoms with Gasteiger partial charge in [-0.2, -0.15) is 0 Å². The van der Waals surface area contributed by atoms with Gasteiger partial charge in [-0.1, -0.05) is 30.3 Å². The minimum Gasteiger partial charge on any atom is -0.378 e. The van der Waals surface area contributed by atoms with E-state index < -0.39 is 0 Å². The molecular formula is C19H22N2O2. The van der Waals surface area contributed by atoms with Gasteiger partial charge in [-0.15, -0.1) is 0 Å². The highest BCUT2D eigenvalue weighted by atomic mass is 16.5. The summed E-state index contributed by atoms with van der Waals surface area (Å²) in [6, 6.07) is 17.7. The number of ether oxygens (including phenoxy) is 1. The molecule has 120 valence electrons. The van der Waals surface area contributed by atoms with Crippen molar-refractivity contribution in [3.63, 3.8) is 0 Å². The first-order chi connectivity index (χ1) is 11.1. The third-order valence-corrected chi connectivity index (χ3v) is 4.23. The van der Waals surface area contributed by atoms with E-state index in [0.717, 1.165) is 11.3 Å². The van der Waals surface area contributed by atoms with Crippen LogP contribution in [0.5, 0.6) is 0 Å². The van der Waals surface area contributed by atoms with E-state index >= 15 is 0 Å². The lowest BCUT2D eigenvalue weighted by Gasteiger charge is -2.20. The van der Waals surface area contributed by atoms with Gasteiger partial charge in [0, 0.05) is 25.3 Å². The summed E-state index contributed by atoms with van der Waals surface area (Å²) in [5, 5.41) is 0. The highest BCUT2D eigenvalue weighted by molar-refractivity contribution is 5.94. The molecule has 0 aliphatic carbocycles. The molecule has 4 nitrogen and oxygen atoms in total. The zero-order valence-corrected chi connectivity index (χ0v) is 13.8. The predicted molar refractivity (Wildman–Crippen MR) is 91.5 cm³/mol. The molecule has 0 N–H and O–H groups in total. The zero-order chi connectivity index (χ0) is 16.4. The van der Waals surface area contributed by atoms with Crippen LogP contribution in [0.2, 0.25) is 0 Å². The third-order valence-electron chi connectivity index (χ3n) is 4.23. The van der Waals surface area contributed by atoms with E-state index in [2.05, 4.69) is 0 Å². The van der Waals surface area contributed by atoms with Crippen LogP contribution in [-0.2, 0) is 4.74 Å². The normalized spacial score (nSPS) is 20.6. The Hall–Kier alpha value is -2.33. The van der Waals surface area contributed by atoms with Crippen LogP contribution in [0.25, 0.3) is 0 Å². The van der Waals surface area contributed by atoms with E-state index in [4.69, 9.17) is 4.74 Å². The molecule has 0 spiro atoms. The molecule has 0 bridgehead atoms. The van der Waals surface area contributed by atoms with E-state index in [0.29, 0.717) is 12.1 Å². The standard InChI is InChI=1S/C19H22N2O2/c1-14-21(13-18(23-14)15-7-5-4-6-8-15)19(22)16-9-11-17(12-10-16)20(2)3/h4-12,14,18H,13H2,1-3H3. The molecule has 1 aliphatic rings. The first-order valence-electron chi connectivity index (χ1n) is 7.85. The average molecular weight is 310 g/mol. The fourth-order valence-corrected chi connectivity index (χ4v) is 2.85. The van der Waals surface area contributed by atoms with Gasteiger partial charge in [0.1, 0.15) is 12.3 Å². The molecule has 23 heavy (non-hydrogen) atoms. The maximum Gasteiger partial charge on any atom is 0.255 e. The Morgan fingerprint density at radius 1 is 1.09 bits per heavy atom. The molecule has 1 aliphatic heterocycles. The van der Waals surface area contributed by atoms with E-state index in [1.54, 1.807) is 4.90 Å². The number of carbonyl (C=O) groups is 1. The summed E-state index contributed by atoms with van der Waals surface area (Å²) in [5.74, 6) is 0.0150. The van der Waals surface area contributed by atoms with Crippen LogP contribution in [0.1, 0.15) is 28.9 Å². The van der Waals surface area contributed by atoms with Crippen LogP contribution >= 0.6 is 0 Å². The smallest absolute Gasteiger partial charge is 0.255 e. The van der Waals surface area contributed by atoms with E-state index in [1.807, 2.05) is 80.5 Å². The summed E-state index contributed by atoms with van der Waals surface area (Å²) in [6.45, 7) is 2.51. The zero-order valence-electron chi connectivity index (χ0n) is 13.8. The maximum absolute atomic E-state index is 12.7. The lowest BCUT2D eigenvalue weighted by atomic mass is 10.1. The summed E-state index contributed by atoms with van der Waals surface area (Å²) >= 11 is 0. The highest BCUT2D eigenvalue weighted by Crippen LogP contribution is 2.29. The SMILES string of the molecule is CC1OC(c2ccccc2)CN1C(=O)c1ccc(N(C)C)cc1. The number of amides is 1. The van der Waals surface area contributed by atoms with Crippen LogP contribution in [0.3, 0.4) is 0 Å². The van der Waals surface area contributed by atoms with Gasteiger partial charge >= 0.3 is 0 Å². The average Bonchev–Trinajstić information content (AvgIpc) is 2.97. The number of nitrogens with zero attached hydrogens (tertiary/aromatic N) is 2. The summed E-state index contributed by atoms with van der Waals surface area (Å²) in [4.78, 5) is 16.6. The molecule has 0 saturated carbocycles. The fraction of sp³-hybridized carbons (Fsp3) is 0.316. The summed E-state index contributed by atoms with van der Waals surface area (Å²) < 4.78 is 5.96. The Morgan fingerprint density at radius 3 is 2.35 bits per heavy atom. The van der Waals surface area contributed by atoms with Gasteiger partial charge in [-0.3, -0.25) is 4.79 Å². The van der Waals surface area contributed by atoms with Crippen LogP contribution in [0.4, 0.5) is 5.69 Å². The topological polar surface area (TPSA) is 32.8 Å². The molecular weight excluding hydrogens is 288 g/mol. The van der Waals surface area contributed by atoms with Crippen molar-refractivity contribution in [2.24, 2.45) is 0 Å². The Kier molecular flexibility index (Phi) is 4.35. The van der Waals surface area contributed by atoms with Gasteiger partial charge in [-0.25, -0.2) is 0 Å². The second-order valence-electron chi connectivity index (χ2n) is 6.03. The van der Waals surface area contributed by atoms with E-state index in [9.17, 15) is 4.79 Å². The number of carbonyl (C=O) groups excluding carboxylic acids is 1. The van der Waals surface area contributed by atoms with Gasteiger partial charge in [0.2, 0.25) is 0 Å². The Morgan fingerprint density at radius 2 is 1.74 bits per heavy atom. The second-order valence-corrected chi connectivity index (χ2v) is 6.03. The third kappa shape index (κ3) is 3.22. The van der Waals surface area contributed by atoms with Crippen LogP contribution in [0.15, 0.2) is 54.6 Å².